The van der Waals surface area contributed by atoms with Gasteiger partial charge in [0.05, 0.1) is 16.3 Å². The van der Waals surface area contributed by atoms with Crippen molar-refractivity contribution >= 4 is 28.9 Å². The molecule has 9 nitrogen and oxygen atoms in total. The Labute approximate surface area is 186 Å². The van der Waals surface area contributed by atoms with E-state index in [4.69, 9.17) is 4.84 Å². The maximum absolute atomic E-state index is 13.5. The van der Waals surface area contributed by atoms with Gasteiger partial charge in [0.25, 0.3) is 11.6 Å². The summed E-state index contributed by atoms with van der Waals surface area (Å²) in [6.45, 7) is 0. The first-order valence-electron chi connectivity index (χ1n) is 9.98. The minimum absolute atomic E-state index is 0.0719. The van der Waals surface area contributed by atoms with Gasteiger partial charge in [-0.25, -0.2) is 14.4 Å². The molecule has 166 valence electrons. The standard InChI is InChI=1S/C23H16FN3O6/c24-13-6-8-14(9-7-13)25-22(29)19-20(17-12-16(27(31)32)10-11-18(17)28)26(33-21(19)23(25)30)15-4-2-1-3-5-15/h1-12,19-21,28H/t19-,20-,21-/m0/s1. The van der Waals surface area contributed by atoms with Gasteiger partial charge >= 0.3 is 0 Å². The van der Waals surface area contributed by atoms with Gasteiger partial charge in [-0.05, 0) is 42.5 Å². The van der Waals surface area contributed by atoms with Crippen molar-refractivity contribution in [1.29, 1.82) is 0 Å². The zero-order valence-corrected chi connectivity index (χ0v) is 16.9. The predicted octanol–water partition coefficient (Wildman–Crippen LogP) is 3.49. The topological polar surface area (TPSA) is 113 Å². The van der Waals surface area contributed by atoms with Crippen molar-refractivity contribution in [2.45, 2.75) is 12.1 Å². The van der Waals surface area contributed by atoms with Crippen LogP contribution in [0.25, 0.3) is 0 Å². The monoisotopic (exact) mass is 449 g/mol. The second kappa shape index (κ2) is 7.68. The van der Waals surface area contributed by atoms with Crippen LogP contribution in [0.4, 0.5) is 21.5 Å². The third-order valence-corrected chi connectivity index (χ3v) is 5.75. The van der Waals surface area contributed by atoms with Crippen LogP contribution in [0.15, 0.2) is 72.8 Å². The predicted molar refractivity (Wildman–Crippen MR) is 114 cm³/mol. The van der Waals surface area contributed by atoms with Crippen LogP contribution in [-0.2, 0) is 14.4 Å². The van der Waals surface area contributed by atoms with E-state index >= 15 is 0 Å². The van der Waals surface area contributed by atoms with Crippen LogP contribution in [-0.4, -0.2) is 27.9 Å². The number of hydrogen-bond acceptors (Lipinski definition) is 7. The summed E-state index contributed by atoms with van der Waals surface area (Å²) in [6, 6.07) is 15.9. The Morgan fingerprint density at radius 1 is 0.939 bits per heavy atom. The van der Waals surface area contributed by atoms with Gasteiger partial charge in [0.15, 0.2) is 6.10 Å². The number of non-ortho nitro benzene ring substituents is 1. The van der Waals surface area contributed by atoms with Crippen LogP contribution in [0.3, 0.4) is 0 Å². The Bertz CT molecular complexity index is 1270. The molecular formula is C23H16FN3O6. The first-order chi connectivity index (χ1) is 15.9. The lowest BCUT2D eigenvalue weighted by atomic mass is 9.89. The van der Waals surface area contributed by atoms with E-state index in [1.54, 1.807) is 30.3 Å². The van der Waals surface area contributed by atoms with Crippen LogP contribution in [0.2, 0.25) is 0 Å². The van der Waals surface area contributed by atoms with E-state index in [2.05, 4.69) is 0 Å². The summed E-state index contributed by atoms with van der Waals surface area (Å²) in [4.78, 5) is 44.2. The Morgan fingerprint density at radius 3 is 2.30 bits per heavy atom. The second-order valence-electron chi connectivity index (χ2n) is 7.65. The van der Waals surface area contributed by atoms with E-state index in [9.17, 15) is 29.2 Å². The molecule has 3 atom stereocenters. The van der Waals surface area contributed by atoms with Crippen molar-refractivity contribution in [3.05, 3.63) is 94.3 Å². The minimum Gasteiger partial charge on any atom is -0.508 e. The van der Waals surface area contributed by atoms with E-state index in [-0.39, 0.29) is 22.7 Å². The van der Waals surface area contributed by atoms with Crippen molar-refractivity contribution in [1.82, 2.24) is 0 Å². The molecule has 3 aromatic carbocycles. The van der Waals surface area contributed by atoms with Crippen molar-refractivity contribution in [3.8, 4) is 5.75 Å². The molecule has 0 radical (unpaired) electrons. The number of phenolic OH excluding ortho intramolecular Hbond substituents is 1. The van der Waals surface area contributed by atoms with Crippen LogP contribution in [0.1, 0.15) is 11.6 Å². The van der Waals surface area contributed by atoms with Crippen LogP contribution >= 0.6 is 0 Å². The molecular weight excluding hydrogens is 433 g/mol. The summed E-state index contributed by atoms with van der Waals surface area (Å²) in [5, 5.41) is 23.3. The van der Waals surface area contributed by atoms with Gasteiger partial charge in [0, 0.05) is 17.7 Å². The zero-order chi connectivity index (χ0) is 23.3. The van der Waals surface area contributed by atoms with E-state index in [0.717, 1.165) is 23.1 Å². The number of anilines is 2. The quantitative estimate of drug-likeness (QED) is 0.369. The first kappa shape index (κ1) is 20.6. The van der Waals surface area contributed by atoms with Gasteiger partial charge in [0.1, 0.15) is 23.5 Å². The lowest BCUT2D eigenvalue weighted by molar-refractivity contribution is -0.385. The molecule has 2 heterocycles. The van der Waals surface area contributed by atoms with Gasteiger partial charge in [-0.15, -0.1) is 0 Å². The SMILES string of the molecule is O=C1[C@@H]2[C@H](ON(c3ccccc3)[C@H]2c2cc([N+](=O)[O-])ccc2O)C(=O)N1c1ccc(F)cc1. The maximum Gasteiger partial charge on any atom is 0.270 e. The molecule has 2 amide bonds. The van der Waals surface area contributed by atoms with Gasteiger partial charge in [-0.1, -0.05) is 18.2 Å². The highest BCUT2D eigenvalue weighted by molar-refractivity contribution is 6.23. The Hall–Kier alpha value is -4.31. The largest absolute Gasteiger partial charge is 0.508 e. The number of phenols is 1. The van der Waals surface area contributed by atoms with Crippen molar-refractivity contribution < 1.29 is 28.8 Å². The van der Waals surface area contributed by atoms with Gasteiger partial charge in [-0.3, -0.25) is 24.5 Å². The van der Waals surface area contributed by atoms with Crippen LogP contribution in [0.5, 0.6) is 5.75 Å². The molecule has 3 aromatic rings. The molecule has 2 saturated heterocycles. The van der Waals surface area contributed by atoms with Gasteiger partial charge in [-0.2, -0.15) is 0 Å². The number of carbonyl (C=O) groups excluding carboxylic acids is 2. The summed E-state index contributed by atoms with van der Waals surface area (Å²) < 4.78 is 13.4. The number of nitro groups is 1. The third-order valence-electron chi connectivity index (χ3n) is 5.75. The third kappa shape index (κ3) is 3.28. The van der Waals surface area contributed by atoms with Crippen LogP contribution < -0.4 is 9.96 Å². The summed E-state index contributed by atoms with van der Waals surface area (Å²) in [7, 11) is 0. The Morgan fingerprint density at radius 2 is 1.64 bits per heavy atom. The number of aromatic hydroxyl groups is 1. The van der Waals surface area contributed by atoms with E-state index in [1.165, 1.54) is 29.3 Å². The van der Waals surface area contributed by atoms with Crippen molar-refractivity contribution in [2.75, 3.05) is 9.96 Å². The molecule has 33 heavy (non-hydrogen) atoms. The first-order valence-corrected chi connectivity index (χ1v) is 9.98. The molecule has 0 aliphatic carbocycles. The number of amides is 2. The number of carbonyl (C=O) groups is 2. The number of rotatable bonds is 4. The number of hydrogen-bond donors (Lipinski definition) is 1. The van der Waals surface area contributed by atoms with Gasteiger partial charge < -0.3 is 5.11 Å². The number of nitrogens with zero attached hydrogens (tertiary/aromatic N) is 3. The fourth-order valence-corrected chi connectivity index (χ4v) is 4.27. The molecule has 0 aromatic heterocycles. The van der Waals surface area contributed by atoms with Crippen molar-refractivity contribution in [3.63, 3.8) is 0 Å². The minimum atomic E-state index is -1.23. The molecule has 0 spiro atoms. The molecule has 2 aliphatic rings. The second-order valence-corrected chi connectivity index (χ2v) is 7.65. The van der Waals surface area contributed by atoms with E-state index < -0.39 is 40.6 Å². The fourth-order valence-electron chi connectivity index (χ4n) is 4.27. The normalized spacial score (nSPS) is 22.0. The number of nitro benzene ring substituents is 1. The number of fused-ring (bicyclic) bond motifs is 1. The smallest absolute Gasteiger partial charge is 0.270 e. The highest BCUT2D eigenvalue weighted by atomic mass is 19.1. The zero-order valence-electron chi connectivity index (χ0n) is 16.9. The van der Waals surface area contributed by atoms with Crippen molar-refractivity contribution in [2.24, 2.45) is 5.92 Å². The van der Waals surface area contributed by atoms with E-state index in [1.807, 2.05) is 0 Å². The summed E-state index contributed by atoms with van der Waals surface area (Å²) in [6.07, 6.45) is -1.23. The van der Waals surface area contributed by atoms with E-state index in [0.29, 0.717) is 5.69 Å². The number of para-hydroxylation sites is 1. The molecule has 0 bridgehead atoms. The molecule has 0 unspecified atom stereocenters. The average molecular weight is 449 g/mol. The van der Waals surface area contributed by atoms with Crippen LogP contribution in [0, 0.1) is 21.8 Å². The molecule has 5 rings (SSSR count). The molecule has 1 N–H and O–H groups in total. The lowest BCUT2D eigenvalue weighted by Crippen LogP contribution is -2.37. The highest BCUT2D eigenvalue weighted by Crippen LogP contribution is 2.49. The lowest BCUT2D eigenvalue weighted by Gasteiger charge is -2.29. The summed E-state index contributed by atoms with van der Waals surface area (Å²) in [5.41, 5.74) is 0.462. The summed E-state index contributed by atoms with van der Waals surface area (Å²) >= 11 is 0. The maximum atomic E-state index is 13.5. The fraction of sp³-hybridized carbons (Fsp3) is 0.130. The molecule has 10 heteroatoms. The Kier molecular flexibility index (Phi) is 4.79. The number of imide groups is 1. The molecule has 2 fully saturated rings. The average Bonchev–Trinajstić information content (AvgIpc) is 3.31. The molecule has 2 aliphatic heterocycles. The number of halogens is 1. The summed E-state index contributed by atoms with van der Waals surface area (Å²) in [5.74, 6) is -3.17. The van der Waals surface area contributed by atoms with Gasteiger partial charge in [0.2, 0.25) is 5.91 Å². The highest BCUT2D eigenvalue weighted by Gasteiger charge is 2.60. The molecule has 0 saturated carbocycles. The number of benzene rings is 3. The number of hydroxylamine groups is 1. The Balaban J connectivity index is 1.63.